The molecule has 0 spiro atoms. The van der Waals surface area contributed by atoms with Gasteiger partial charge in [-0.25, -0.2) is 4.39 Å². The van der Waals surface area contributed by atoms with E-state index >= 15 is 0 Å². The topological polar surface area (TPSA) is 55.1 Å². The molecule has 4 nitrogen and oxygen atoms in total. The van der Waals surface area contributed by atoms with Crippen LogP contribution in [0.4, 0.5) is 4.39 Å². The van der Waals surface area contributed by atoms with Crippen LogP contribution in [-0.2, 0) is 6.54 Å². The Morgan fingerprint density at radius 3 is 2.95 bits per heavy atom. The van der Waals surface area contributed by atoms with Gasteiger partial charge in [-0.2, -0.15) is 0 Å². The van der Waals surface area contributed by atoms with Crippen LogP contribution >= 0.6 is 0 Å². The van der Waals surface area contributed by atoms with Gasteiger partial charge in [-0.1, -0.05) is 17.3 Å². The molecule has 104 valence electrons. The van der Waals surface area contributed by atoms with Gasteiger partial charge in [0.15, 0.2) is 5.69 Å². The molecule has 5 heteroatoms. The van der Waals surface area contributed by atoms with Gasteiger partial charge < -0.3 is 9.84 Å². The van der Waals surface area contributed by atoms with E-state index in [9.17, 15) is 9.18 Å². The molecule has 2 aromatic rings. The first-order valence-corrected chi connectivity index (χ1v) is 6.63. The number of hydrogen-bond donors (Lipinski definition) is 1. The Morgan fingerprint density at radius 1 is 1.45 bits per heavy atom. The molecule has 1 aromatic heterocycles. The summed E-state index contributed by atoms with van der Waals surface area (Å²) in [6.45, 7) is 2.03. The molecule has 0 atom stereocenters. The minimum atomic E-state index is -0.275. The summed E-state index contributed by atoms with van der Waals surface area (Å²) in [5.41, 5.74) is 1.71. The minimum absolute atomic E-state index is 0.245. The lowest BCUT2D eigenvalue weighted by Gasteiger charge is -2.04. The molecule has 1 fully saturated rings. The van der Waals surface area contributed by atoms with E-state index in [1.54, 1.807) is 25.1 Å². The summed E-state index contributed by atoms with van der Waals surface area (Å²) in [6.07, 6.45) is 2.20. The number of nitrogens with zero attached hydrogens (tertiary/aromatic N) is 1. The van der Waals surface area contributed by atoms with E-state index < -0.39 is 0 Å². The number of benzene rings is 1. The van der Waals surface area contributed by atoms with E-state index in [4.69, 9.17) is 4.52 Å². The van der Waals surface area contributed by atoms with E-state index in [1.807, 2.05) is 0 Å². The largest absolute Gasteiger partial charge is 0.360 e. The third-order valence-corrected chi connectivity index (χ3v) is 3.42. The normalized spacial score (nSPS) is 14.3. The van der Waals surface area contributed by atoms with Crippen LogP contribution in [0.15, 0.2) is 28.8 Å². The minimum Gasteiger partial charge on any atom is -0.360 e. The predicted octanol–water partition coefficient (Wildman–Crippen LogP) is 2.93. The molecule has 3 rings (SSSR count). The van der Waals surface area contributed by atoms with Gasteiger partial charge in [-0.3, -0.25) is 4.79 Å². The van der Waals surface area contributed by atoms with Crippen molar-refractivity contribution < 1.29 is 13.7 Å². The fraction of sp³-hybridized carbons (Fsp3) is 0.333. The van der Waals surface area contributed by atoms with E-state index in [1.165, 1.54) is 6.07 Å². The summed E-state index contributed by atoms with van der Waals surface area (Å²) in [6, 6.07) is 6.47. The number of carbonyl (C=O) groups is 1. The molecule has 1 amide bonds. The summed E-state index contributed by atoms with van der Waals surface area (Å²) < 4.78 is 18.3. The van der Waals surface area contributed by atoms with Gasteiger partial charge in [-0.15, -0.1) is 0 Å². The molecule has 0 radical (unpaired) electrons. The molecule has 1 heterocycles. The number of aryl methyl sites for hydroxylation is 1. The third-order valence-electron chi connectivity index (χ3n) is 3.42. The van der Waals surface area contributed by atoms with Crippen molar-refractivity contribution in [2.75, 3.05) is 0 Å². The van der Waals surface area contributed by atoms with Gasteiger partial charge >= 0.3 is 0 Å². The third kappa shape index (κ3) is 2.71. The molecule has 0 aliphatic heterocycles. The fourth-order valence-electron chi connectivity index (χ4n) is 2.05. The van der Waals surface area contributed by atoms with Crippen LogP contribution in [0.2, 0.25) is 0 Å². The molecule has 1 aliphatic carbocycles. The smallest absolute Gasteiger partial charge is 0.273 e. The molecular formula is C15H15FN2O2. The summed E-state index contributed by atoms with van der Waals surface area (Å²) >= 11 is 0. The average Bonchev–Trinajstić information content (AvgIpc) is 3.17. The molecule has 20 heavy (non-hydrogen) atoms. The Morgan fingerprint density at radius 2 is 2.25 bits per heavy atom. The van der Waals surface area contributed by atoms with Crippen molar-refractivity contribution >= 4 is 5.91 Å². The number of halogens is 1. The lowest BCUT2D eigenvalue weighted by Crippen LogP contribution is -2.23. The van der Waals surface area contributed by atoms with Gasteiger partial charge in [0.1, 0.15) is 11.6 Å². The molecule has 1 aromatic carbocycles. The van der Waals surface area contributed by atoms with Gasteiger partial charge in [0, 0.05) is 18.5 Å². The zero-order valence-electron chi connectivity index (χ0n) is 11.1. The summed E-state index contributed by atoms with van der Waals surface area (Å²) in [5, 5.41) is 6.52. The van der Waals surface area contributed by atoms with E-state index in [0.29, 0.717) is 23.7 Å². The lowest BCUT2D eigenvalue weighted by molar-refractivity contribution is 0.0941. The summed E-state index contributed by atoms with van der Waals surface area (Å²) in [4.78, 5) is 11.9. The Balaban J connectivity index is 1.61. The number of aromatic nitrogens is 1. The average molecular weight is 274 g/mol. The van der Waals surface area contributed by atoms with Crippen molar-refractivity contribution in [3.05, 3.63) is 52.7 Å². The second-order valence-corrected chi connectivity index (χ2v) is 5.16. The zero-order chi connectivity index (χ0) is 14.1. The standard InChI is InChI=1S/C15H15FN2O2/c1-9-6-10(2-5-12(9)16)8-17-15(19)13-7-14(20-18-13)11-3-4-11/h2,5-7,11H,3-4,8H2,1H3,(H,17,19). The molecule has 1 aliphatic rings. The van der Waals surface area contributed by atoms with Crippen LogP contribution in [0, 0.1) is 12.7 Å². The fourth-order valence-corrected chi connectivity index (χ4v) is 2.05. The Hall–Kier alpha value is -2.17. The van der Waals surface area contributed by atoms with Crippen LogP contribution in [-0.4, -0.2) is 11.1 Å². The molecule has 1 saturated carbocycles. The molecule has 0 saturated heterocycles. The summed E-state index contributed by atoms with van der Waals surface area (Å²) in [7, 11) is 0. The van der Waals surface area contributed by atoms with Crippen molar-refractivity contribution in [2.45, 2.75) is 32.2 Å². The second-order valence-electron chi connectivity index (χ2n) is 5.16. The highest BCUT2D eigenvalue weighted by molar-refractivity contribution is 5.92. The number of carbonyl (C=O) groups excluding carboxylic acids is 1. The van der Waals surface area contributed by atoms with E-state index in [-0.39, 0.29) is 11.7 Å². The summed E-state index contributed by atoms with van der Waals surface area (Å²) in [5.74, 6) is 0.699. The molecular weight excluding hydrogens is 259 g/mol. The maximum atomic E-state index is 13.1. The van der Waals surface area contributed by atoms with Crippen molar-refractivity contribution in [2.24, 2.45) is 0 Å². The number of rotatable bonds is 4. The van der Waals surface area contributed by atoms with E-state index in [0.717, 1.165) is 24.2 Å². The first-order valence-electron chi connectivity index (χ1n) is 6.63. The molecule has 0 bridgehead atoms. The number of nitrogens with one attached hydrogen (secondary N) is 1. The van der Waals surface area contributed by atoms with Crippen LogP contribution in [0.1, 0.15) is 46.1 Å². The number of amides is 1. The van der Waals surface area contributed by atoms with Crippen molar-refractivity contribution in [1.82, 2.24) is 10.5 Å². The van der Waals surface area contributed by atoms with Gasteiger partial charge in [-0.05, 0) is 37.0 Å². The first kappa shape index (κ1) is 12.8. The SMILES string of the molecule is Cc1cc(CNC(=O)c2cc(C3CC3)on2)ccc1F. The van der Waals surface area contributed by atoms with Crippen LogP contribution < -0.4 is 5.32 Å². The molecule has 0 unspecified atom stereocenters. The van der Waals surface area contributed by atoms with Crippen molar-refractivity contribution in [1.29, 1.82) is 0 Å². The predicted molar refractivity (Wildman–Crippen MR) is 70.8 cm³/mol. The Bertz CT molecular complexity index is 647. The van der Waals surface area contributed by atoms with Crippen molar-refractivity contribution in [3.8, 4) is 0 Å². The van der Waals surface area contributed by atoms with Gasteiger partial charge in [0.05, 0.1) is 0 Å². The number of hydrogen-bond acceptors (Lipinski definition) is 3. The van der Waals surface area contributed by atoms with Crippen LogP contribution in [0.5, 0.6) is 0 Å². The quantitative estimate of drug-likeness (QED) is 0.932. The maximum Gasteiger partial charge on any atom is 0.273 e. The Kier molecular flexibility index (Phi) is 3.26. The highest BCUT2D eigenvalue weighted by Gasteiger charge is 2.28. The van der Waals surface area contributed by atoms with E-state index in [2.05, 4.69) is 10.5 Å². The van der Waals surface area contributed by atoms with Crippen LogP contribution in [0.3, 0.4) is 0 Å². The van der Waals surface area contributed by atoms with Gasteiger partial charge in [0.2, 0.25) is 0 Å². The highest BCUT2D eigenvalue weighted by Crippen LogP contribution is 2.40. The Labute approximate surface area is 116 Å². The lowest BCUT2D eigenvalue weighted by atomic mass is 10.1. The maximum absolute atomic E-state index is 13.1. The highest BCUT2D eigenvalue weighted by atomic mass is 19.1. The molecule has 1 N–H and O–H groups in total. The second kappa shape index (κ2) is 5.07. The van der Waals surface area contributed by atoms with Crippen molar-refractivity contribution in [3.63, 3.8) is 0 Å². The van der Waals surface area contributed by atoms with Gasteiger partial charge in [0.25, 0.3) is 5.91 Å². The monoisotopic (exact) mass is 274 g/mol. The first-order chi connectivity index (χ1) is 9.63. The zero-order valence-corrected chi connectivity index (χ0v) is 11.1. The van der Waals surface area contributed by atoms with Crippen LogP contribution in [0.25, 0.3) is 0 Å².